The molecule has 0 spiro atoms. The lowest BCUT2D eigenvalue weighted by atomic mass is 10.1. The van der Waals surface area contributed by atoms with Crippen molar-refractivity contribution in [2.45, 2.75) is 37.8 Å². The predicted octanol–water partition coefficient (Wildman–Crippen LogP) is 2.61. The van der Waals surface area contributed by atoms with Gasteiger partial charge < -0.3 is 10.6 Å². The maximum absolute atomic E-state index is 5.86. The molecule has 1 aliphatic rings. The average Bonchev–Trinajstić information content (AvgIpc) is 2.79. The van der Waals surface area contributed by atoms with Gasteiger partial charge in [-0.25, -0.2) is 0 Å². The molecule has 2 atom stereocenters. The van der Waals surface area contributed by atoms with Crippen LogP contribution in [-0.4, -0.2) is 25.7 Å². The van der Waals surface area contributed by atoms with Crippen LogP contribution < -0.4 is 10.6 Å². The monoisotopic (exact) mass is 252 g/mol. The van der Waals surface area contributed by atoms with E-state index in [-0.39, 0.29) is 0 Å². The van der Waals surface area contributed by atoms with E-state index in [9.17, 15) is 0 Å². The van der Waals surface area contributed by atoms with E-state index in [1.54, 1.807) is 0 Å². The fourth-order valence-electron chi connectivity index (χ4n) is 2.60. The Morgan fingerprint density at radius 2 is 1.88 bits per heavy atom. The van der Waals surface area contributed by atoms with Gasteiger partial charge in [0.05, 0.1) is 0 Å². The van der Waals surface area contributed by atoms with Gasteiger partial charge in [-0.15, -0.1) is 0 Å². The molecule has 0 saturated heterocycles. The van der Waals surface area contributed by atoms with Crippen LogP contribution in [0.3, 0.4) is 0 Å². The summed E-state index contributed by atoms with van der Waals surface area (Å²) >= 11 is 5.86. The molecule has 0 heterocycles. The number of likely N-dealkylation sites (N-methyl/N-ethyl adjacent to an activating group) is 1. The Morgan fingerprint density at radius 3 is 2.59 bits per heavy atom. The molecule has 0 amide bonds. The summed E-state index contributed by atoms with van der Waals surface area (Å²) in [5.74, 6) is 0. The van der Waals surface area contributed by atoms with Crippen LogP contribution in [0.1, 0.15) is 24.8 Å². The lowest BCUT2D eigenvalue weighted by Crippen LogP contribution is -2.43. The number of halogens is 1. The van der Waals surface area contributed by atoms with Crippen LogP contribution in [0.4, 0.5) is 0 Å². The molecule has 0 radical (unpaired) electrons. The number of rotatable bonds is 5. The summed E-state index contributed by atoms with van der Waals surface area (Å²) in [6.07, 6.45) is 5.01. The van der Waals surface area contributed by atoms with Crippen molar-refractivity contribution in [2.75, 3.05) is 13.6 Å². The van der Waals surface area contributed by atoms with E-state index in [4.69, 9.17) is 11.6 Å². The Morgan fingerprint density at radius 1 is 1.18 bits per heavy atom. The number of nitrogens with one attached hydrogen (secondary N) is 2. The van der Waals surface area contributed by atoms with Crippen LogP contribution in [0.15, 0.2) is 24.3 Å². The van der Waals surface area contributed by atoms with E-state index in [1.807, 2.05) is 12.1 Å². The van der Waals surface area contributed by atoms with Crippen LogP contribution in [0.25, 0.3) is 0 Å². The summed E-state index contributed by atoms with van der Waals surface area (Å²) in [4.78, 5) is 0. The van der Waals surface area contributed by atoms with E-state index in [1.165, 1.54) is 24.8 Å². The number of hydrogen-bond donors (Lipinski definition) is 2. The highest BCUT2D eigenvalue weighted by Gasteiger charge is 2.24. The lowest BCUT2D eigenvalue weighted by molar-refractivity contribution is 0.434. The van der Waals surface area contributed by atoms with Gasteiger partial charge in [-0.2, -0.15) is 0 Å². The largest absolute Gasteiger partial charge is 0.315 e. The Hall–Kier alpha value is -0.570. The van der Waals surface area contributed by atoms with Crippen molar-refractivity contribution in [3.05, 3.63) is 34.9 Å². The van der Waals surface area contributed by atoms with Crippen LogP contribution in [0.2, 0.25) is 5.02 Å². The van der Waals surface area contributed by atoms with E-state index in [2.05, 4.69) is 29.8 Å². The second-order valence-electron chi connectivity index (χ2n) is 4.76. The molecule has 2 nitrogen and oxygen atoms in total. The summed E-state index contributed by atoms with van der Waals surface area (Å²) < 4.78 is 0. The first-order valence-electron chi connectivity index (χ1n) is 6.44. The van der Waals surface area contributed by atoms with E-state index >= 15 is 0 Å². The second-order valence-corrected chi connectivity index (χ2v) is 5.20. The van der Waals surface area contributed by atoms with Gasteiger partial charge in [-0.1, -0.05) is 30.2 Å². The molecule has 1 fully saturated rings. The van der Waals surface area contributed by atoms with Gasteiger partial charge in [0.25, 0.3) is 0 Å². The summed E-state index contributed by atoms with van der Waals surface area (Å²) in [5.41, 5.74) is 1.35. The molecule has 2 rings (SSSR count). The van der Waals surface area contributed by atoms with Crippen molar-refractivity contribution in [3.8, 4) is 0 Å². The first-order valence-corrected chi connectivity index (χ1v) is 6.82. The van der Waals surface area contributed by atoms with Gasteiger partial charge in [0.1, 0.15) is 0 Å². The molecule has 94 valence electrons. The number of benzene rings is 1. The zero-order chi connectivity index (χ0) is 12.1. The molecule has 0 aromatic heterocycles. The van der Waals surface area contributed by atoms with Crippen molar-refractivity contribution in [3.63, 3.8) is 0 Å². The lowest BCUT2D eigenvalue weighted by Gasteiger charge is -2.20. The third-order valence-electron chi connectivity index (χ3n) is 3.62. The van der Waals surface area contributed by atoms with Crippen molar-refractivity contribution in [2.24, 2.45) is 0 Å². The number of hydrogen-bond acceptors (Lipinski definition) is 2. The third-order valence-corrected chi connectivity index (χ3v) is 3.87. The van der Waals surface area contributed by atoms with E-state index in [0.717, 1.165) is 18.0 Å². The quantitative estimate of drug-likeness (QED) is 0.842. The highest BCUT2D eigenvalue weighted by molar-refractivity contribution is 6.30. The Bertz CT molecular complexity index is 337. The molecule has 0 aliphatic heterocycles. The van der Waals surface area contributed by atoms with E-state index in [0.29, 0.717) is 12.1 Å². The van der Waals surface area contributed by atoms with Crippen LogP contribution in [-0.2, 0) is 6.42 Å². The van der Waals surface area contributed by atoms with Crippen molar-refractivity contribution in [1.82, 2.24) is 10.6 Å². The minimum atomic E-state index is 0.646. The molecule has 2 unspecified atom stereocenters. The second kappa shape index (κ2) is 6.39. The van der Waals surface area contributed by atoms with E-state index < -0.39 is 0 Å². The highest BCUT2D eigenvalue weighted by Crippen LogP contribution is 2.18. The minimum absolute atomic E-state index is 0.646. The smallest absolute Gasteiger partial charge is 0.0406 e. The van der Waals surface area contributed by atoms with Crippen LogP contribution in [0.5, 0.6) is 0 Å². The van der Waals surface area contributed by atoms with Gasteiger partial charge in [0, 0.05) is 17.1 Å². The molecule has 1 saturated carbocycles. The van der Waals surface area contributed by atoms with Crippen LogP contribution in [0, 0.1) is 0 Å². The molecular weight excluding hydrogens is 232 g/mol. The first-order chi connectivity index (χ1) is 8.29. The Balaban J connectivity index is 1.74. The average molecular weight is 253 g/mol. The maximum Gasteiger partial charge on any atom is 0.0406 e. The molecule has 2 N–H and O–H groups in total. The maximum atomic E-state index is 5.86. The normalized spacial score (nSPS) is 24.1. The van der Waals surface area contributed by atoms with Crippen molar-refractivity contribution < 1.29 is 0 Å². The molecule has 0 bridgehead atoms. The van der Waals surface area contributed by atoms with Crippen molar-refractivity contribution in [1.29, 1.82) is 0 Å². The third kappa shape index (κ3) is 3.70. The summed E-state index contributed by atoms with van der Waals surface area (Å²) in [7, 11) is 2.06. The van der Waals surface area contributed by atoms with Gasteiger partial charge in [0.2, 0.25) is 0 Å². The highest BCUT2D eigenvalue weighted by atomic mass is 35.5. The molecule has 17 heavy (non-hydrogen) atoms. The Labute approximate surface area is 109 Å². The Kier molecular flexibility index (Phi) is 4.84. The summed E-state index contributed by atoms with van der Waals surface area (Å²) in [6.45, 7) is 1.05. The van der Waals surface area contributed by atoms with Gasteiger partial charge in [-0.05, 0) is 50.6 Å². The molecule has 1 aliphatic carbocycles. The molecular formula is C14H21ClN2. The SMILES string of the molecule is CNC1CCCC1NCCc1ccc(Cl)cc1. The minimum Gasteiger partial charge on any atom is -0.315 e. The van der Waals surface area contributed by atoms with Gasteiger partial charge in [0.15, 0.2) is 0 Å². The zero-order valence-electron chi connectivity index (χ0n) is 10.4. The van der Waals surface area contributed by atoms with Crippen LogP contribution >= 0.6 is 11.6 Å². The fraction of sp³-hybridized carbons (Fsp3) is 0.571. The summed E-state index contributed by atoms with van der Waals surface area (Å²) in [5, 5.41) is 7.85. The molecule has 1 aromatic rings. The van der Waals surface area contributed by atoms with Gasteiger partial charge in [-0.3, -0.25) is 0 Å². The molecule has 1 aromatic carbocycles. The predicted molar refractivity (Wildman–Crippen MR) is 73.6 cm³/mol. The fourth-order valence-corrected chi connectivity index (χ4v) is 2.73. The zero-order valence-corrected chi connectivity index (χ0v) is 11.1. The standard InChI is InChI=1S/C14H21ClN2/c1-16-13-3-2-4-14(13)17-10-9-11-5-7-12(15)8-6-11/h5-8,13-14,16-17H,2-4,9-10H2,1H3. The summed E-state index contributed by atoms with van der Waals surface area (Å²) in [6, 6.07) is 9.43. The topological polar surface area (TPSA) is 24.1 Å². The van der Waals surface area contributed by atoms with Crippen molar-refractivity contribution >= 4 is 11.6 Å². The molecule has 3 heteroatoms. The van der Waals surface area contributed by atoms with Gasteiger partial charge >= 0.3 is 0 Å². The first kappa shape index (κ1) is 12.9.